The highest BCUT2D eigenvalue weighted by Gasteiger charge is 2.10. The molecule has 0 N–H and O–H groups in total. The van der Waals surface area contributed by atoms with E-state index in [1.165, 1.54) is 30.3 Å². The summed E-state index contributed by atoms with van der Waals surface area (Å²) >= 11 is 1.55. The quantitative estimate of drug-likeness (QED) is 0.356. The summed E-state index contributed by atoms with van der Waals surface area (Å²) in [5.74, 6) is 0.643. The number of hydrogen-bond acceptors (Lipinski definition) is 4. The molecule has 0 aliphatic rings. The second-order valence-corrected chi connectivity index (χ2v) is 6.42. The van der Waals surface area contributed by atoms with E-state index in [1.54, 1.807) is 23.5 Å². The maximum atomic E-state index is 12.9. The molecule has 0 radical (unpaired) electrons. The smallest absolute Gasteiger partial charge is 0.185 e. The third-order valence-electron chi connectivity index (χ3n) is 3.66. The molecule has 0 saturated carbocycles. The highest BCUT2D eigenvalue weighted by Crippen LogP contribution is 2.31. The van der Waals surface area contributed by atoms with E-state index in [0.29, 0.717) is 17.1 Å². The van der Waals surface area contributed by atoms with E-state index in [1.807, 2.05) is 30.3 Å². The molecule has 4 rings (SSSR count). The van der Waals surface area contributed by atoms with E-state index >= 15 is 0 Å². The molecule has 4 aromatic rings. The molecule has 5 heteroatoms. The van der Waals surface area contributed by atoms with Crippen molar-refractivity contribution in [3.05, 3.63) is 83.9 Å². The second kappa shape index (κ2) is 6.45. The van der Waals surface area contributed by atoms with E-state index in [2.05, 4.69) is 4.98 Å². The predicted octanol–water partition coefficient (Wildman–Crippen LogP) is 5.59. The van der Waals surface area contributed by atoms with Crippen LogP contribution in [0, 0.1) is 5.82 Å². The summed E-state index contributed by atoms with van der Waals surface area (Å²) in [6.07, 6.45) is 3.01. The molecule has 0 spiro atoms. The first-order valence-electron chi connectivity index (χ1n) is 7.63. The Balaban J connectivity index is 1.54. The first kappa shape index (κ1) is 15.5. The molecule has 3 nitrogen and oxygen atoms in total. The van der Waals surface area contributed by atoms with Crippen LogP contribution >= 0.6 is 11.3 Å². The van der Waals surface area contributed by atoms with Gasteiger partial charge in [-0.1, -0.05) is 12.1 Å². The molecule has 0 aliphatic heterocycles. The average molecular weight is 349 g/mol. The van der Waals surface area contributed by atoms with Gasteiger partial charge in [0.1, 0.15) is 11.6 Å². The molecular weight excluding hydrogens is 337 g/mol. The molecule has 122 valence electrons. The van der Waals surface area contributed by atoms with E-state index in [4.69, 9.17) is 4.42 Å². The van der Waals surface area contributed by atoms with Crippen molar-refractivity contribution in [1.29, 1.82) is 0 Å². The van der Waals surface area contributed by atoms with Crippen LogP contribution in [0.4, 0.5) is 4.39 Å². The van der Waals surface area contributed by atoms with Crippen LogP contribution in [0.3, 0.4) is 0 Å². The number of fused-ring (bicyclic) bond motifs is 1. The van der Waals surface area contributed by atoms with Crippen molar-refractivity contribution >= 4 is 33.4 Å². The minimum absolute atomic E-state index is 0.210. The molecule has 2 aromatic carbocycles. The van der Waals surface area contributed by atoms with Crippen LogP contribution in [0.5, 0.6) is 0 Å². The molecule has 2 aromatic heterocycles. The fourth-order valence-corrected chi connectivity index (χ4v) is 3.33. The van der Waals surface area contributed by atoms with Crippen molar-refractivity contribution in [3.8, 4) is 10.8 Å². The molecule has 0 fully saturated rings. The maximum absolute atomic E-state index is 12.9. The molecule has 0 amide bonds. The van der Waals surface area contributed by atoms with E-state index in [-0.39, 0.29) is 11.6 Å². The van der Waals surface area contributed by atoms with Gasteiger partial charge >= 0.3 is 0 Å². The Hall–Kier alpha value is -3.05. The lowest BCUT2D eigenvalue weighted by Gasteiger charge is -1.94. The van der Waals surface area contributed by atoms with Crippen LogP contribution in [-0.4, -0.2) is 10.8 Å². The Bertz CT molecular complexity index is 1040. The summed E-state index contributed by atoms with van der Waals surface area (Å²) < 4.78 is 19.7. The number of aromatic nitrogens is 1. The minimum atomic E-state index is -0.368. The fraction of sp³-hybridized carbons (Fsp3) is 0. The highest BCUT2D eigenvalue weighted by molar-refractivity contribution is 7.21. The van der Waals surface area contributed by atoms with Crippen LogP contribution in [0.15, 0.2) is 71.2 Å². The van der Waals surface area contributed by atoms with Gasteiger partial charge in [0.05, 0.1) is 10.2 Å². The third-order valence-corrected chi connectivity index (χ3v) is 4.71. The monoisotopic (exact) mass is 349 g/mol. The average Bonchev–Trinajstić information content (AvgIpc) is 3.26. The van der Waals surface area contributed by atoms with Crippen molar-refractivity contribution in [3.63, 3.8) is 0 Å². The molecule has 0 atom stereocenters. The minimum Gasteiger partial charge on any atom is -0.454 e. The van der Waals surface area contributed by atoms with Gasteiger partial charge in [0.25, 0.3) is 0 Å². The van der Waals surface area contributed by atoms with E-state index in [9.17, 15) is 9.18 Å². The van der Waals surface area contributed by atoms with Crippen molar-refractivity contribution in [2.24, 2.45) is 0 Å². The zero-order chi connectivity index (χ0) is 17.2. The van der Waals surface area contributed by atoms with Crippen LogP contribution in [0.2, 0.25) is 0 Å². The fourth-order valence-electron chi connectivity index (χ4n) is 2.40. The van der Waals surface area contributed by atoms with Crippen molar-refractivity contribution in [1.82, 2.24) is 4.98 Å². The maximum Gasteiger partial charge on any atom is 0.185 e. The first-order valence-corrected chi connectivity index (χ1v) is 8.44. The number of hydrogen-bond donors (Lipinski definition) is 0. The van der Waals surface area contributed by atoms with Gasteiger partial charge in [-0.2, -0.15) is 0 Å². The number of allylic oxidation sites excluding steroid dienone is 1. The van der Waals surface area contributed by atoms with Crippen molar-refractivity contribution in [2.75, 3.05) is 0 Å². The van der Waals surface area contributed by atoms with Crippen molar-refractivity contribution < 1.29 is 13.6 Å². The molecule has 0 bridgehead atoms. The van der Waals surface area contributed by atoms with E-state index in [0.717, 1.165) is 15.2 Å². The summed E-state index contributed by atoms with van der Waals surface area (Å²) in [6.45, 7) is 0. The number of carbonyl (C=O) groups excluding carboxylic acids is 1. The lowest BCUT2D eigenvalue weighted by molar-refractivity contribution is 0.104. The molecule has 0 saturated heterocycles. The van der Waals surface area contributed by atoms with Gasteiger partial charge in [0.15, 0.2) is 16.6 Å². The number of nitrogens with zero attached hydrogens (tertiary/aromatic N) is 1. The Morgan fingerprint density at radius 1 is 1.04 bits per heavy atom. The lowest BCUT2D eigenvalue weighted by Crippen LogP contribution is -1.93. The molecule has 0 aliphatic carbocycles. The lowest BCUT2D eigenvalue weighted by atomic mass is 10.1. The van der Waals surface area contributed by atoms with Gasteiger partial charge in [-0.05, 0) is 60.7 Å². The molecule has 0 unspecified atom stereocenters. The number of ketones is 1. The number of carbonyl (C=O) groups is 1. The summed E-state index contributed by atoms with van der Waals surface area (Å²) in [5, 5.41) is 0.797. The topological polar surface area (TPSA) is 43.1 Å². The highest BCUT2D eigenvalue weighted by atomic mass is 32.1. The Kier molecular flexibility index (Phi) is 3.99. The molecular formula is C20H12FNO2S. The first-order chi connectivity index (χ1) is 12.2. The summed E-state index contributed by atoms with van der Waals surface area (Å²) in [6, 6.07) is 17.0. The third kappa shape index (κ3) is 3.27. The zero-order valence-corrected chi connectivity index (χ0v) is 13.8. The van der Waals surface area contributed by atoms with Gasteiger partial charge < -0.3 is 4.42 Å². The number of halogens is 1. The Morgan fingerprint density at radius 2 is 1.84 bits per heavy atom. The number of benzene rings is 2. The van der Waals surface area contributed by atoms with Crippen LogP contribution < -0.4 is 0 Å². The summed E-state index contributed by atoms with van der Waals surface area (Å²) in [5.41, 5.74) is 1.36. The van der Waals surface area contributed by atoms with Crippen LogP contribution in [0.25, 0.3) is 27.1 Å². The Labute approximate surface area is 147 Å². The van der Waals surface area contributed by atoms with Crippen molar-refractivity contribution in [2.45, 2.75) is 0 Å². The number of para-hydroxylation sites is 1. The largest absolute Gasteiger partial charge is 0.454 e. The number of thiazole rings is 1. The molecule has 25 heavy (non-hydrogen) atoms. The zero-order valence-electron chi connectivity index (χ0n) is 13.0. The SMILES string of the molecule is O=C(C=Cc1ccc(-c2nc3ccccc3s2)o1)c1ccc(F)cc1. The number of rotatable bonds is 4. The van der Waals surface area contributed by atoms with Gasteiger partial charge in [0, 0.05) is 5.56 Å². The van der Waals surface area contributed by atoms with Crippen LogP contribution in [-0.2, 0) is 0 Å². The standard InChI is InChI=1S/C20H12FNO2S/c21-14-7-5-13(6-8-14)17(23)11-9-15-10-12-18(24-15)20-22-16-3-1-2-4-19(16)25-20/h1-12H. The summed E-state index contributed by atoms with van der Waals surface area (Å²) in [7, 11) is 0. The van der Waals surface area contributed by atoms with E-state index < -0.39 is 0 Å². The summed E-state index contributed by atoms with van der Waals surface area (Å²) in [4.78, 5) is 16.6. The van der Waals surface area contributed by atoms with Crippen LogP contribution in [0.1, 0.15) is 16.1 Å². The predicted molar refractivity (Wildman–Crippen MR) is 97.1 cm³/mol. The second-order valence-electron chi connectivity index (χ2n) is 5.39. The molecule has 2 heterocycles. The van der Waals surface area contributed by atoms with Gasteiger partial charge in [-0.25, -0.2) is 9.37 Å². The van der Waals surface area contributed by atoms with Gasteiger partial charge in [0.2, 0.25) is 0 Å². The van der Waals surface area contributed by atoms with Gasteiger partial charge in [-0.3, -0.25) is 4.79 Å². The number of furan rings is 1. The van der Waals surface area contributed by atoms with Gasteiger partial charge in [-0.15, -0.1) is 11.3 Å². The Morgan fingerprint density at radius 3 is 2.64 bits per heavy atom. The normalized spacial score (nSPS) is 11.4.